The molecule has 1 aliphatic carbocycles. The second kappa shape index (κ2) is 8.37. The summed E-state index contributed by atoms with van der Waals surface area (Å²) in [6.07, 6.45) is 2.12. The number of hydrogen-bond acceptors (Lipinski definition) is 2. The molecule has 0 aliphatic heterocycles. The van der Waals surface area contributed by atoms with Crippen LogP contribution in [0.3, 0.4) is 0 Å². The third-order valence-electron chi connectivity index (χ3n) is 9.23. The van der Waals surface area contributed by atoms with Crippen LogP contribution in [0.15, 0.2) is 128 Å². The highest BCUT2D eigenvalue weighted by Gasteiger charge is 2.36. The minimum Gasteiger partial charge on any atom is -0.247 e. The second-order valence-electron chi connectivity index (χ2n) is 11.9. The van der Waals surface area contributed by atoms with Crippen LogP contribution in [0.25, 0.3) is 71.6 Å². The Morgan fingerprint density at radius 2 is 1.24 bits per heavy atom. The number of para-hydroxylation sites is 1. The molecule has 0 N–H and O–H groups in total. The normalized spacial score (nSPS) is 13.7. The van der Waals surface area contributed by atoms with Gasteiger partial charge in [-0.05, 0) is 46.0 Å². The van der Waals surface area contributed by atoms with E-state index >= 15 is 0 Å². The Labute approximate surface area is 243 Å². The highest BCUT2D eigenvalue weighted by Crippen LogP contribution is 2.53. The molecular formula is C39H27N3. The summed E-state index contributed by atoms with van der Waals surface area (Å²) in [5, 5.41) is 9.66. The molecule has 3 heterocycles. The van der Waals surface area contributed by atoms with Crippen LogP contribution in [-0.4, -0.2) is 14.6 Å². The van der Waals surface area contributed by atoms with E-state index in [-0.39, 0.29) is 5.41 Å². The molecule has 198 valence electrons. The van der Waals surface area contributed by atoms with E-state index in [2.05, 4.69) is 135 Å². The average Bonchev–Trinajstić information content (AvgIpc) is 3.52. The van der Waals surface area contributed by atoms with Crippen LogP contribution >= 0.6 is 0 Å². The van der Waals surface area contributed by atoms with Crippen molar-refractivity contribution in [2.45, 2.75) is 19.3 Å². The van der Waals surface area contributed by atoms with Gasteiger partial charge in [0.2, 0.25) is 0 Å². The summed E-state index contributed by atoms with van der Waals surface area (Å²) in [5.41, 5.74) is 13.0. The van der Waals surface area contributed by atoms with Gasteiger partial charge in [-0.25, -0.2) is 9.50 Å². The number of hydrogen-bond donors (Lipinski definition) is 0. The fourth-order valence-electron chi connectivity index (χ4n) is 7.12. The van der Waals surface area contributed by atoms with E-state index in [1.165, 1.54) is 43.8 Å². The summed E-state index contributed by atoms with van der Waals surface area (Å²) < 4.78 is 1.99. The molecule has 42 heavy (non-hydrogen) atoms. The standard InChI is InChI=1S/C39H27N3/c1-39(2)31-12-6-3-9-27(31)37-32(39)21-20-30-36(37)29-11-5-7-13-33(29)40-38(30)25-17-15-24(16-18-25)26-19-22-35-28-10-4-8-14-34(28)41-42(35)23-26/h3-23H,1-2H3. The van der Waals surface area contributed by atoms with Crippen LogP contribution in [0.2, 0.25) is 0 Å². The number of rotatable bonds is 2. The van der Waals surface area contributed by atoms with Crippen molar-refractivity contribution >= 4 is 38.1 Å². The first-order chi connectivity index (χ1) is 20.6. The van der Waals surface area contributed by atoms with Crippen molar-refractivity contribution < 1.29 is 0 Å². The SMILES string of the molecule is CC1(C)c2ccccc2-c2c1ccc1c(-c3ccc(-c4ccc5c6ccccc6nn5c4)cc3)nc3ccccc3c21. The molecule has 0 radical (unpaired) electrons. The lowest BCUT2D eigenvalue weighted by atomic mass is 9.82. The van der Waals surface area contributed by atoms with Gasteiger partial charge in [0.1, 0.15) is 0 Å². The quantitative estimate of drug-likeness (QED) is 0.205. The zero-order valence-corrected chi connectivity index (χ0v) is 23.5. The van der Waals surface area contributed by atoms with E-state index < -0.39 is 0 Å². The first kappa shape index (κ1) is 23.4. The van der Waals surface area contributed by atoms with Crippen molar-refractivity contribution in [2.24, 2.45) is 0 Å². The lowest BCUT2D eigenvalue weighted by molar-refractivity contribution is 0.661. The fourth-order valence-corrected chi connectivity index (χ4v) is 7.12. The molecule has 0 unspecified atom stereocenters. The van der Waals surface area contributed by atoms with Crippen molar-refractivity contribution in [3.63, 3.8) is 0 Å². The highest BCUT2D eigenvalue weighted by atomic mass is 15.2. The summed E-state index contributed by atoms with van der Waals surface area (Å²) >= 11 is 0. The molecule has 0 saturated carbocycles. The Morgan fingerprint density at radius 3 is 2.10 bits per heavy atom. The topological polar surface area (TPSA) is 30.2 Å². The maximum absolute atomic E-state index is 5.24. The Kier molecular flexibility index (Phi) is 4.67. The van der Waals surface area contributed by atoms with Crippen LogP contribution in [0.1, 0.15) is 25.0 Å². The van der Waals surface area contributed by atoms with Crippen molar-refractivity contribution in [3.8, 4) is 33.5 Å². The number of benzene rings is 5. The second-order valence-corrected chi connectivity index (χ2v) is 11.9. The smallest absolute Gasteiger partial charge is 0.0933 e. The zero-order valence-electron chi connectivity index (χ0n) is 23.5. The Morgan fingerprint density at radius 1 is 0.548 bits per heavy atom. The zero-order chi connectivity index (χ0) is 28.0. The molecule has 5 aromatic carbocycles. The molecule has 0 atom stereocenters. The Balaban J connectivity index is 1.23. The first-order valence-corrected chi connectivity index (χ1v) is 14.5. The molecule has 3 aromatic heterocycles. The summed E-state index contributed by atoms with van der Waals surface area (Å²) in [5.74, 6) is 0. The molecular weight excluding hydrogens is 510 g/mol. The molecule has 3 nitrogen and oxygen atoms in total. The minimum atomic E-state index is -0.0478. The minimum absolute atomic E-state index is 0.0478. The third kappa shape index (κ3) is 3.16. The van der Waals surface area contributed by atoms with Crippen molar-refractivity contribution in [2.75, 3.05) is 0 Å². The van der Waals surface area contributed by atoms with E-state index in [0.29, 0.717) is 0 Å². The number of nitrogens with zero attached hydrogens (tertiary/aromatic N) is 3. The van der Waals surface area contributed by atoms with Gasteiger partial charge in [-0.15, -0.1) is 0 Å². The van der Waals surface area contributed by atoms with Crippen LogP contribution < -0.4 is 0 Å². The van der Waals surface area contributed by atoms with Gasteiger partial charge < -0.3 is 0 Å². The lowest BCUT2D eigenvalue weighted by Crippen LogP contribution is -2.14. The Hall–Kier alpha value is -5.28. The largest absolute Gasteiger partial charge is 0.247 e. The van der Waals surface area contributed by atoms with Crippen LogP contribution in [0, 0.1) is 0 Å². The van der Waals surface area contributed by atoms with Crippen LogP contribution in [0.4, 0.5) is 0 Å². The molecule has 9 rings (SSSR count). The van der Waals surface area contributed by atoms with E-state index in [0.717, 1.165) is 38.9 Å². The monoisotopic (exact) mass is 537 g/mol. The molecule has 0 fully saturated rings. The van der Waals surface area contributed by atoms with Gasteiger partial charge in [0.05, 0.1) is 22.2 Å². The predicted molar refractivity (Wildman–Crippen MR) is 174 cm³/mol. The molecule has 0 bridgehead atoms. The summed E-state index contributed by atoms with van der Waals surface area (Å²) in [7, 11) is 0. The first-order valence-electron chi connectivity index (χ1n) is 14.5. The Bertz CT molecular complexity index is 2380. The van der Waals surface area contributed by atoms with Gasteiger partial charge >= 0.3 is 0 Å². The summed E-state index contributed by atoms with van der Waals surface area (Å²) in [6, 6.07) is 43.5. The summed E-state index contributed by atoms with van der Waals surface area (Å²) in [4.78, 5) is 5.24. The van der Waals surface area contributed by atoms with Gasteiger partial charge in [-0.2, -0.15) is 5.10 Å². The number of pyridine rings is 2. The lowest BCUT2D eigenvalue weighted by Gasteiger charge is -2.22. The fraction of sp³-hybridized carbons (Fsp3) is 0.0769. The van der Waals surface area contributed by atoms with E-state index in [9.17, 15) is 0 Å². The van der Waals surface area contributed by atoms with Crippen LogP contribution in [0.5, 0.6) is 0 Å². The molecule has 0 amide bonds. The average molecular weight is 538 g/mol. The molecule has 1 aliphatic rings. The predicted octanol–water partition coefficient (Wildman–Crippen LogP) is 9.83. The van der Waals surface area contributed by atoms with Gasteiger partial charge in [-0.3, -0.25) is 0 Å². The molecule has 0 spiro atoms. The van der Waals surface area contributed by atoms with Gasteiger partial charge in [0.15, 0.2) is 0 Å². The highest BCUT2D eigenvalue weighted by molar-refractivity contribution is 6.19. The van der Waals surface area contributed by atoms with Gasteiger partial charge in [0, 0.05) is 44.3 Å². The molecule has 3 heteroatoms. The van der Waals surface area contributed by atoms with E-state index in [1.54, 1.807) is 0 Å². The number of aromatic nitrogens is 3. The molecule has 0 saturated heterocycles. The molecule has 8 aromatic rings. The van der Waals surface area contributed by atoms with E-state index in [4.69, 9.17) is 10.1 Å². The van der Waals surface area contributed by atoms with Crippen molar-refractivity contribution in [1.82, 2.24) is 14.6 Å². The van der Waals surface area contributed by atoms with Crippen LogP contribution in [-0.2, 0) is 5.41 Å². The maximum atomic E-state index is 5.24. The van der Waals surface area contributed by atoms with Crippen molar-refractivity contribution in [3.05, 3.63) is 139 Å². The van der Waals surface area contributed by atoms with Crippen molar-refractivity contribution in [1.29, 1.82) is 0 Å². The maximum Gasteiger partial charge on any atom is 0.0933 e. The van der Waals surface area contributed by atoms with E-state index in [1.807, 2.05) is 10.6 Å². The summed E-state index contributed by atoms with van der Waals surface area (Å²) in [6.45, 7) is 4.69. The number of fused-ring (bicyclic) bond motifs is 10. The van der Waals surface area contributed by atoms with Gasteiger partial charge in [-0.1, -0.05) is 117 Å². The third-order valence-corrected chi connectivity index (χ3v) is 9.23. The van der Waals surface area contributed by atoms with Gasteiger partial charge in [0.25, 0.3) is 0 Å².